The molecule has 0 spiro atoms. The molecular formula is C60H66O7. The minimum Gasteiger partial charge on any atom is -0.456 e. The van der Waals surface area contributed by atoms with Crippen LogP contribution in [0.1, 0.15) is 76.3 Å². The van der Waals surface area contributed by atoms with Gasteiger partial charge in [0, 0.05) is 48.0 Å². The molecule has 8 aromatic rings. The van der Waals surface area contributed by atoms with E-state index in [4.69, 9.17) is 32.8 Å². The van der Waals surface area contributed by atoms with Gasteiger partial charge in [-0.3, -0.25) is 0 Å². The second-order valence-corrected chi connectivity index (χ2v) is 19.3. The molecule has 0 unspecified atom stereocenters. The van der Waals surface area contributed by atoms with Crippen molar-refractivity contribution in [3.05, 3.63) is 132 Å². The number of fused-ring (bicyclic) bond motifs is 7. The monoisotopic (exact) mass is 898 g/mol. The lowest BCUT2D eigenvalue weighted by Gasteiger charge is -2.40. The lowest BCUT2D eigenvalue weighted by Crippen LogP contribution is -2.45. The van der Waals surface area contributed by atoms with Crippen molar-refractivity contribution in [2.45, 2.75) is 78.4 Å². The molecule has 2 fully saturated rings. The van der Waals surface area contributed by atoms with Gasteiger partial charge in [-0.15, -0.1) is 0 Å². The molecule has 2 aliphatic heterocycles. The van der Waals surface area contributed by atoms with E-state index in [9.17, 15) is 0 Å². The molecule has 2 saturated heterocycles. The minimum absolute atomic E-state index is 0.252. The van der Waals surface area contributed by atoms with Crippen molar-refractivity contribution in [3.8, 4) is 22.3 Å². The molecule has 3 heterocycles. The van der Waals surface area contributed by atoms with Crippen molar-refractivity contribution >= 4 is 54.3 Å². The molecule has 0 bridgehead atoms. The normalized spacial score (nSPS) is 15.5. The van der Waals surface area contributed by atoms with Gasteiger partial charge in [-0.2, -0.15) is 0 Å². The molecule has 0 saturated carbocycles. The minimum atomic E-state index is 0.252. The maximum atomic E-state index is 6.55. The van der Waals surface area contributed by atoms with Gasteiger partial charge < -0.3 is 32.8 Å². The summed E-state index contributed by atoms with van der Waals surface area (Å²) in [5.41, 5.74) is 9.55. The molecular weight excluding hydrogens is 833 g/mol. The van der Waals surface area contributed by atoms with Gasteiger partial charge in [-0.1, -0.05) is 117 Å². The zero-order valence-corrected chi connectivity index (χ0v) is 39.5. The summed E-state index contributed by atoms with van der Waals surface area (Å²) in [5.74, 6) is 0. The van der Waals surface area contributed by atoms with Crippen molar-refractivity contribution in [1.29, 1.82) is 0 Å². The Bertz CT molecular complexity index is 2850. The quantitative estimate of drug-likeness (QED) is 0.0442. The van der Waals surface area contributed by atoms with Crippen molar-refractivity contribution in [2.24, 2.45) is 10.8 Å². The third-order valence-corrected chi connectivity index (χ3v) is 14.7. The van der Waals surface area contributed by atoms with Crippen molar-refractivity contribution in [2.75, 3.05) is 66.1 Å². The van der Waals surface area contributed by atoms with Gasteiger partial charge in [0.1, 0.15) is 11.2 Å². The fourth-order valence-electron chi connectivity index (χ4n) is 10.2. The highest BCUT2D eigenvalue weighted by Crippen LogP contribution is 2.45. The first-order valence-corrected chi connectivity index (χ1v) is 24.9. The van der Waals surface area contributed by atoms with Crippen LogP contribution in [0.25, 0.3) is 76.5 Å². The molecule has 10 rings (SSSR count). The Labute approximate surface area is 395 Å². The first-order chi connectivity index (χ1) is 33.1. The van der Waals surface area contributed by atoms with E-state index in [1.807, 2.05) is 0 Å². The Kier molecular flexibility index (Phi) is 14.3. The molecule has 7 nitrogen and oxygen atoms in total. The van der Waals surface area contributed by atoms with E-state index >= 15 is 0 Å². The highest BCUT2D eigenvalue weighted by molar-refractivity contribution is 6.23. The topological polar surface area (TPSA) is 68.5 Å². The van der Waals surface area contributed by atoms with Crippen LogP contribution in [0.4, 0.5) is 0 Å². The predicted octanol–water partition coefficient (Wildman–Crippen LogP) is 14.6. The number of benzene rings is 7. The first-order valence-electron chi connectivity index (χ1n) is 24.9. The van der Waals surface area contributed by atoms with Gasteiger partial charge in [0.15, 0.2) is 0 Å². The smallest absolute Gasteiger partial charge is 0.136 e. The summed E-state index contributed by atoms with van der Waals surface area (Å²) in [6.45, 7) is 13.7. The number of ether oxygens (including phenoxy) is 6. The van der Waals surface area contributed by atoms with Crippen LogP contribution in [0.5, 0.6) is 0 Å². The van der Waals surface area contributed by atoms with Gasteiger partial charge >= 0.3 is 0 Å². The zero-order chi connectivity index (χ0) is 45.5. The van der Waals surface area contributed by atoms with E-state index in [2.05, 4.69) is 135 Å². The molecule has 7 heteroatoms. The lowest BCUT2D eigenvalue weighted by atomic mass is 9.84. The second-order valence-electron chi connectivity index (χ2n) is 19.3. The molecule has 0 atom stereocenters. The van der Waals surface area contributed by atoms with Crippen LogP contribution < -0.4 is 0 Å². The van der Waals surface area contributed by atoms with Crippen LogP contribution in [0, 0.1) is 10.8 Å². The standard InChI is InChI=1S/C60H66O7/c1-3-59(39-65-40-59)37-63-32-13-5-11-30-61-35-43-22-24-44(25-23-43)56-49-17-7-9-19-51(49)57(52-20-10-8-18-50(52)56)45-26-28-54-53(34-45)58-48-21-15-16-46(47(48)27-29-55(58)67-54)36-62-31-12-6-14-33-64-38-60(4-2)41-66-42-60/h7-10,15-29,34H,3-6,11-14,30-33,35-42H2,1-2H3. The zero-order valence-electron chi connectivity index (χ0n) is 39.5. The van der Waals surface area contributed by atoms with Crippen LogP contribution in [-0.4, -0.2) is 66.1 Å². The Morgan fingerprint density at radius 2 is 0.940 bits per heavy atom. The highest BCUT2D eigenvalue weighted by atomic mass is 16.5. The summed E-state index contributed by atoms with van der Waals surface area (Å²) >= 11 is 0. The molecule has 2 aliphatic rings. The van der Waals surface area contributed by atoms with E-state index in [0.29, 0.717) is 13.2 Å². The van der Waals surface area contributed by atoms with Crippen LogP contribution in [0.2, 0.25) is 0 Å². The maximum Gasteiger partial charge on any atom is 0.136 e. The average Bonchev–Trinajstić information content (AvgIpc) is 3.72. The Morgan fingerprint density at radius 3 is 1.49 bits per heavy atom. The van der Waals surface area contributed by atoms with Crippen molar-refractivity contribution in [3.63, 3.8) is 0 Å². The fourth-order valence-corrected chi connectivity index (χ4v) is 10.2. The van der Waals surface area contributed by atoms with Gasteiger partial charge in [0.05, 0.1) is 52.9 Å². The number of rotatable bonds is 24. The number of furan rings is 1. The highest BCUT2D eigenvalue weighted by Gasteiger charge is 2.37. The van der Waals surface area contributed by atoms with E-state index in [-0.39, 0.29) is 10.8 Å². The van der Waals surface area contributed by atoms with E-state index in [1.165, 1.54) is 65.7 Å². The summed E-state index contributed by atoms with van der Waals surface area (Å²) in [7, 11) is 0. The SMILES string of the molecule is CCC1(COCCCCCOCc2ccc(-c3c4ccccc4c(-c4ccc5oc6ccc7c(COCCCCCOCC8(CC)COC8)cccc7c6c5c4)c4ccccc34)cc2)COC1. The van der Waals surface area contributed by atoms with Crippen LogP contribution in [-0.2, 0) is 41.6 Å². The summed E-state index contributed by atoms with van der Waals surface area (Å²) in [6.07, 6.45) is 8.64. The van der Waals surface area contributed by atoms with Gasteiger partial charge in [0.25, 0.3) is 0 Å². The van der Waals surface area contributed by atoms with Crippen LogP contribution in [0.15, 0.2) is 126 Å². The molecule has 67 heavy (non-hydrogen) atoms. The molecule has 0 amide bonds. The largest absolute Gasteiger partial charge is 0.456 e. The summed E-state index contributed by atoms with van der Waals surface area (Å²) < 4.78 is 41.8. The number of hydrogen-bond donors (Lipinski definition) is 0. The number of hydrogen-bond acceptors (Lipinski definition) is 7. The second kappa shape index (κ2) is 21.0. The third-order valence-electron chi connectivity index (χ3n) is 14.7. The van der Waals surface area contributed by atoms with Crippen LogP contribution in [0.3, 0.4) is 0 Å². The molecule has 0 N–H and O–H groups in total. The van der Waals surface area contributed by atoms with Gasteiger partial charge in [0.2, 0.25) is 0 Å². The van der Waals surface area contributed by atoms with Gasteiger partial charge in [-0.25, -0.2) is 0 Å². The summed E-state index contributed by atoms with van der Waals surface area (Å²) in [4.78, 5) is 0. The number of unbranched alkanes of at least 4 members (excludes halogenated alkanes) is 4. The first kappa shape index (κ1) is 45.7. The third kappa shape index (κ3) is 9.78. The van der Waals surface area contributed by atoms with Gasteiger partial charge in [-0.05, 0) is 135 Å². The Morgan fingerprint density at radius 1 is 0.433 bits per heavy atom. The molecule has 348 valence electrons. The maximum absolute atomic E-state index is 6.55. The van der Waals surface area contributed by atoms with Crippen LogP contribution >= 0.6 is 0 Å². The Hall–Kier alpha value is -5.12. The van der Waals surface area contributed by atoms with Crippen molar-refractivity contribution < 1.29 is 32.8 Å². The summed E-state index contributed by atoms with van der Waals surface area (Å²) in [6, 6.07) is 44.4. The lowest BCUT2D eigenvalue weighted by molar-refractivity contribution is -0.150. The molecule has 0 aliphatic carbocycles. The molecule has 7 aromatic carbocycles. The average molecular weight is 899 g/mol. The van der Waals surface area contributed by atoms with E-state index < -0.39 is 0 Å². The Balaban J connectivity index is 0.830. The molecule has 0 radical (unpaired) electrons. The molecule has 1 aromatic heterocycles. The fraction of sp³-hybridized carbons (Fsp3) is 0.400. The van der Waals surface area contributed by atoms with Crippen molar-refractivity contribution in [1.82, 2.24) is 0 Å². The predicted molar refractivity (Wildman–Crippen MR) is 273 cm³/mol. The summed E-state index contributed by atoms with van der Waals surface area (Å²) in [5, 5.41) is 9.60. The van der Waals surface area contributed by atoms with E-state index in [1.54, 1.807) is 0 Å². The van der Waals surface area contributed by atoms with E-state index in [0.717, 1.165) is 139 Å².